The van der Waals surface area contributed by atoms with Crippen LogP contribution >= 0.6 is 22.7 Å². The average Bonchev–Trinajstić information content (AvgIpc) is 3.70. The number of thiophene rings is 1. The van der Waals surface area contributed by atoms with Crippen LogP contribution in [0.3, 0.4) is 0 Å². The molecule has 5 aromatic rings. The molecule has 0 unspecified atom stereocenters. The van der Waals surface area contributed by atoms with Gasteiger partial charge in [-0.15, -0.1) is 11.3 Å². The number of carbonyl (C=O) groups is 1. The van der Waals surface area contributed by atoms with Crippen molar-refractivity contribution in [3.8, 4) is 16.8 Å². The third-order valence-electron chi connectivity index (χ3n) is 9.03. The van der Waals surface area contributed by atoms with Gasteiger partial charge in [-0.3, -0.25) is 14.2 Å². The number of ether oxygens (including phenoxy) is 1. The Morgan fingerprint density at radius 3 is 2.56 bits per heavy atom. The van der Waals surface area contributed by atoms with Gasteiger partial charge in [0.05, 0.1) is 34.0 Å². The third-order valence-corrected chi connectivity index (χ3v) is 11.3. The van der Waals surface area contributed by atoms with Crippen LogP contribution in [-0.2, 0) is 17.6 Å². The van der Waals surface area contributed by atoms with Crippen LogP contribution in [0.1, 0.15) is 71.2 Å². The van der Waals surface area contributed by atoms with Crippen LogP contribution in [0.25, 0.3) is 11.1 Å². The molecule has 8 nitrogen and oxygen atoms in total. The smallest absolute Gasteiger partial charge is 0.271 e. The first kappa shape index (κ1) is 31.6. The molecule has 1 atom stereocenters. The molecule has 1 amide bonds. The molecule has 1 aliphatic heterocycles. The quantitative estimate of drug-likeness (QED) is 0.213. The molecule has 2 aromatic carbocycles. The van der Waals surface area contributed by atoms with E-state index in [2.05, 4.69) is 22.0 Å². The number of nitrogens with one attached hydrogen (secondary N) is 1. The Kier molecular flexibility index (Phi) is 8.50. The fourth-order valence-corrected chi connectivity index (χ4v) is 9.26. The van der Waals surface area contributed by atoms with Crippen molar-refractivity contribution in [2.45, 2.75) is 59.4 Å². The molecule has 0 fully saturated rings. The maximum atomic E-state index is 14.4. The maximum absolute atomic E-state index is 14.4. The van der Waals surface area contributed by atoms with Gasteiger partial charge >= 0.3 is 0 Å². The SMILES string of the molecule is CCOc1ccc([C@@H]2C(C(=O)Nc3ccccc3)=C(C)N=c3s/c(=C/c4cc(C)n(-c5sc6c(c5C#N)CCCC6)c4C)c(=O)n32)cc1. The van der Waals surface area contributed by atoms with E-state index < -0.39 is 6.04 Å². The predicted octanol–water partition coefficient (Wildman–Crippen LogP) is 6.49. The molecule has 0 radical (unpaired) electrons. The minimum absolute atomic E-state index is 0.218. The van der Waals surface area contributed by atoms with Gasteiger partial charge in [0.25, 0.3) is 11.5 Å². The number of anilines is 1. The highest BCUT2D eigenvalue weighted by molar-refractivity contribution is 7.15. The number of carbonyl (C=O) groups excluding carboxylic acids is 1. The van der Waals surface area contributed by atoms with Crippen molar-refractivity contribution in [1.29, 1.82) is 5.26 Å². The monoisotopic (exact) mass is 673 g/mol. The Bertz CT molecular complexity index is 2320. The van der Waals surface area contributed by atoms with Crippen LogP contribution < -0.4 is 24.9 Å². The van der Waals surface area contributed by atoms with Gasteiger partial charge in [0.15, 0.2) is 4.80 Å². The van der Waals surface area contributed by atoms with Crippen LogP contribution in [0.15, 0.2) is 81.7 Å². The lowest BCUT2D eigenvalue weighted by molar-refractivity contribution is -0.113. The molecule has 1 aliphatic carbocycles. The van der Waals surface area contributed by atoms with Gasteiger partial charge in [-0.1, -0.05) is 41.7 Å². The van der Waals surface area contributed by atoms with Gasteiger partial charge in [0, 0.05) is 22.0 Å². The lowest BCUT2D eigenvalue weighted by atomic mass is 9.95. The van der Waals surface area contributed by atoms with Crippen molar-refractivity contribution in [3.05, 3.63) is 130 Å². The van der Waals surface area contributed by atoms with E-state index in [0.29, 0.717) is 38.6 Å². The number of hydrogen-bond acceptors (Lipinski definition) is 7. The summed E-state index contributed by atoms with van der Waals surface area (Å²) in [5, 5.41) is 14.1. The van der Waals surface area contributed by atoms with E-state index >= 15 is 0 Å². The molecule has 3 aromatic heterocycles. The largest absolute Gasteiger partial charge is 0.494 e. The third kappa shape index (κ3) is 5.53. The highest BCUT2D eigenvalue weighted by Gasteiger charge is 2.33. The van der Waals surface area contributed by atoms with Crippen molar-refractivity contribution in [2.24, 2.45) is 4.99 Å². The summed E-state index contributed by atoms with van der Waals surface area (Å²) < 4.78 is 9.99. The Balaban J connectivity index is 1.35. The number of amides is 1. The number of fused-ring (bicyclic) bond motifs is 2. The number of aromatic nitrogens is 2. The van der Waals surface area contributed by atoms with Gasteiger partial charge < -0.3 is 14.6 Å². The van der Waals surface area contributed by atoms with Crippen LogP contribution in [0.2, 0.25) is 0 Å². The van der Waals surface area contributed by atoms with Crippen molar-refractivity contribution >= 4 is 40.3 Å². The maximum Gasteiger partial charge on any atom is 0.271 e. The number of aryl methyl sites for hydroxylation is 2. The zero-order chi connectivity index (χ0) is 33.5. The topological polar surface area (TPSA) is 101 Å². The van der Waals surface area contributed by atoms with Crippen LogP contribution in [0, 0.1) is 25.2 Å². The molecule has 1 N–H and O–H groups in total. The molecule has 0 saturated carbocycles. The second kappa shape index (κ2) is 12.9. The Morgan fingerprint density at radius 1 is 1.08 bits per heavy atom. The fourth-order valence-electron chi connectivity index (χ4n) is 6.77. The lowest BCUT2D eigenvalue weighted by Gasteiger charge is -2.25. The van der Waals surface area contributed by atoms with E-state index in [-0.39, 0.29) is 11.5 Å². The van der Waals surface area contributed by atoms with Crippen LogP contribution in [0.5, 0.6) is 5.75 Å². The van der Waals surface area contributed by atoms with Gasteiger partial charge in [0.1, 0.15) is 16.8 Å². The van der Waals surface area contributed by atoms with Crippen LogP contribution in [-0.4, -0.2) is 21.6 Å². The highest BCUT2D eigenvalue weighted by atomic mass is 32.1. The summed E-state index contributed by atoms with van der Waals surface area (Å²) >= 11 is 3.03. The Morgan fingerprint density at radius 2 is 1.83 bits per heavy atom. The molecule has 0 spiro atoms. The van der Waals surface area contributed by atoms with E-state index in [1.54, 1.807) is 15.9 Å². The van der Waals surface area contributed by atoms with E-state index in [4.69, 9.17) is 9.73 Å². The summed E-state index contributed by atoms with van der Waals surface area (Å²) in [7, 11) is 0. The molecule has 10 heteroatoms. The Labute approximate surface area is 286 Å². The standard InChI is InChI=1S/C38H35N5O3S2/c1-5-46-28-17-15-25(16-18-28)34-33(35(44)41-27-11-7-6-8-12-27)23(3)40-38-43(34)36(45)32(48-38)20-26-19-22(2)42(24(26)4)37-30(21-39)29-13-9-10-14-31(29)47-37/h6-8,11-12,15-20,34H,5,9-10,13-14H2,1-4H3,(H,41,44)/b32-20+/t34-/m1/s1. The zero-order valence-electron chi connectivity index (χ0n) is 27.3. The first-order valence-corrected chi connectivity index (χ1v) is 17.8. The molecule has 2 aliphatic rings. The molecular formula is C38H35N5O3S2. The molecule has 4 heterocycles. The number of allylic oxidation sites excluding steroid dienone is 1. The summed E-state index contributed by atoms with van der Waals surface area (Å²) in [6.45, 7) is 8.36. The average molecular weight is 674 g/mol. The first-order chi connectivity index (χ1) is 23.3. The number of thiazole rings is 1. The highest BCUT2D eigenvalue weighted by Crippen LogP contribution is 2.38. The Hall–Kier alpha value is -4.98. The second-order valence-corrected chi connectivity index (χ2v) is 14.2. The summed E-state index contributed by atoms with van der Waals surface area (Å²) in [6.07, 6.45) is 6.14. The first-order valence-electron chi connectivity index (χ1n) is 16.1. The van der Waals surface area contributed by atoms with Crippen molar-refractivity contribution < 1.29 is 9.53 Å². The second-order valence-electron chi connectivity index (χ2n) is 12.1. The lowest BCUT2D eigenvalue weighted by Crippen LogP contribution is -2.40. The summed E-state index contributed by atoms with van der Waals surface area (Å²) in [6, 6.07) is 20.7. The molecule has 48 heavy (non-hydrogen) atoms. The summed E-state index contributed by atoms with van der Waals surface area (Å²) in [5.74, 6) is 0.400. The van der Waals surface area contributed by atoms with Gasteiger partial charge in [-0.25, -0.2) is 4.99 Å². The fraction of sp³-hybridized carbons (Fsp3) is 0.263. The number of nitriles is 1. The molecule has 0 bridgehead atoms. The molecule has 7 rings (SSSR count). The zero-order valence-corrected chi connectivity index (χ0v) is 28.9. The number of rotatable bonds is 7. The van der Waals surface area contributed by atoms with E-state index in [0.717, 1.165) is 58.8 Å². The number of nitrogens with zero attached hydrogens (tertiary/aromatic N) is 4. The van der Waals surface area contributed by atoms with Crippen molar-refractivity contribution in [1.82, 2.24) is 9.13 Å². The van der Waals surface area contributed by atoms with Crippen LogP contribution in [0.4, 0.5) is 5.69 Å². The van der Waals surface area contributed by atoms with E-state index in [9.17, 15) is 14.9 Å². The summed E-state index contributed by atoms with van der Waals surface area (Å²) in [4.78, 5) is 34.9. The molecular weight excluding hydrogens is 639 g/mol. The molecule has 0 saturated heterocycles. The number of benzene rings is 2. The molecule has 242 valence electrons. The predicted molar refractivity (Wildman–Crippen MR) is 191 cm³/mol. The van der Waals surface area contributed by atoms with Gasteiger partial charge in [-0.2, -0.15) is 5.26 Å². The van der Waals surface area contributed by atoms with Gasteiger partial charge in [-0.05, 0) is 106 Å². The minimum Gasteiger partial charge on any atom is -0.494 e. The summed E-state index contributed by atoms with van der Waals surface area (Å²) in [5.41, 5.74) is 7.03. The number of hydrogen-bond donors (Lipinski definition) is 1. The van der Waals surface area contributed by atoms with Gasteiger partial charge in [0.2, 0.25) is 0 Å². The number of para-hydroxylation sites is 1. The van der Waals surface area contributed by atoms with Crippen molar-refractivity contribution in [2.75, 3.05) is 11.9 Å². The van der Waals surface area contributed by atoms with E-state index in [1.807, 2.05) is 88.4 Å². The van der Waals surface area contributed by atoms with E-state index in [1.165, 1.54) is 21.8 Å². The normalized spacial score (nSPS) is 15.8. The minimum atomic E-state index is -0.689. The van der Waals surface area contributed by atoms with Crippen molar-refractivity contribution in [3.63, 3.8) is 0 Å².